The van der Waals surface area contributed by atoms with E-state index in [-0.39, 0.29) is 12.6 Å². The molecule has 0 aliphatic carbocycles. The van der Waals surface area contributed by atoms with Crippen LogP contribution in [0.1, 0.15) is 39.7 Å². The van der Waals surface area contributed by atoms with E-state index in [9.17, 15) is 20.1 Å². The number of nitrogens with one attached hydrogen (secondary N) is 3. The fraction of sp³-hybridized carbons (Fsp3) is 0.714. The lowest BCUT2D eigenvalue weighted by Gasteiger charge is -2.30. The first kappa shape index (κ1) is 26.0. The fourth-order valence-corrected chi connectivity index (χ4v) is 4.14. The third kappa shape index (κ3) is 5.55. The molecule has 0 aromatic carbocycles. The van der Waals surface area contributed by atoms with Crippen molar-refractivity contribution in [1.82, 2.24) is 35.1 Å². The number of nitrogens with zero attached hydrogens (tertiary/aromatic N) is 5. The van der Waals surface area contributed by atoms with Crippen LogP contribution in [-0.2, 0) is 11.3 Å². The molecule has 2 aromatic heterocycles. The van der Waals surface area contributed by atoms with Gasteiger partial charge in [0.15, 0.2) is 29.0 Å². The number of fused-ring (bicyclic) bond motifs is 1. The van der Waals surface area contributed by atoms with E-state index < -0.39 is 31.1 Å². The van der Waals surface area contributed by atoms with Crippen molar-refractivity contribution in [1.29, 1.82) is 0 Å². The van der Waals surface area contributed by atoms with Gasteiger partial charge in [0.25, 0.3) is 0 Å². The Morgan fingerprint density at radius 2 is 1.88 bits per heavy atom. The number of hydrogen-bond acceptors (Lipinski definition) is 10. The van der Waals surface area contributed by atoms with Gasteiger partial charge in [-0.15, -0.1) is 0 Å². The quantitative estimate of drug-likeness (QED) is 0.258. The second kappa shape index (κ2) is 11.2. The lowest BCUT2D eigenvalue weighted by molar-refractivity contribution is -0.0511. The largest absolute Gasteiger partial charge is 0.394 e. The highest BCUT2D eigenvalue weighted by Gasteiger charge is 2.44. The van der Waals surface area contributed by atoms with Crippen LogP contribution in [0.25, 0.3) is 11.2 Å². The van der Waals surface area contributed by atoms with Crippen LogP contribution in [0.4, 0.5) is 10.6 Å². The number of aliphatic hydroxyl groups excluding tert-OH is 3. The first-order chi connectivity index (χ1) is 16.2. The predicted molar refractivity (Wildman–Crippen MR) is 125 cm³/mol. The molecule has 1 saturated heterocycles. The average molecular weight is 481 g/mol. The Labute approximate surface area is 198 Å². The van der Waals surface area contributed by atoms with Gasteiger partial charge in [0, 0.05) is 32.2 Å². The molecule has 13 heteroatoms. The van der Waals surface area contributed by atoms with Gasteiger partial charge >= 0.3 is 6.03 Å². The van der Waals surface area contributed by atoms with E-state index in [1.807, 2.05) is 0 Å². The van der Waals surface area contributed by atoms with E-state index in [2.05, 4.69) is 63.5 Å². The van der Waals surface area contributed by atoms with Gasteiger partial charge in [-0.2, -0.15) is 0 Å². The summed E-state index contributed by atoms with van der Waals surface area (Å²) in [7, 11) is 1.69. The van der Waals surface area contributed by atoms with Gasteiger partial charge in [-0.3, -0.25) is 9.47 Å². The van der Waals surface area contributed by atoms with Gasteiger partial charge in [0.2, 0.25) is 0 Å². The molecule has 6 N–H and O–H groups in total. The van der Waals surface area contributed by atoms with Crippen molar-refractivity contribution in [3.05, 3.63) is 12.2 Å². The third-order valence-electron chi connectivity index (χ3n) is 5.89. The number of hydrogen-bond donors (Lipinski definition) is 6. The number of imidazole rings is 1. The molecule has 3 rings (SSSR count). The molecule has 190 valence electrons. The van der Waals surface area contributed by atoms with E-state index in [0.29, 0.717) is 41.4 Å². The van der Waals surface area contributed by atoms with Crippen LogP contribution in [0.15, 0.2) is 6.33 Å². The van der Waals surface area contributed by atoms with Crippen LogP contribution in [0.2, 0.25) is 0 Å². The van der Waals surface area contributed by atoms with Crippen molar-refractivity contribution in [2.45, 2.75) is 70.9 Å². The summed E-state index contributed by atoms with van der Waals surface area (Å²) in [4.78, 5) is 27.8. The Hall–Kier alpha value is -2.58. The number of aliphatic hydroxyl groups is 3. The normalized spacial score (nSPS) is 22.8. The summed E-state index contributed by atoms with van der Waals surface area (Å²) < 4.78 is 7.09. The van der Waals surface area contributed by atoms with Crippen LogP contribution in [0.3, 0.4) is 0 Å². The minimum Gasteiger partial charge on any atom is -0.394 e. The molecule has 13 nitrogen and oxygen atoms in total. The van der Waals surface area contributed by atoms with E-state index >= 15 is 0 Å². The fourth-order valence-electron chi connectivity index (χ4n) is 4.14. The molecule has 0 radical (unpaired) electrons. The lowest BCUT2D eigenvalue weighted by atomic mass is 10.1. The highest BCUT2D eigenvalue weighted by Crippen LogP contribution is 2.32. The summed E-state index contributed by atoms with van der Waals surface area (Å²) >= 11 is 0. The maximum Gasteiger partial charge on any atom is 0.315 e. The van der Waals surface area contributed by atoms with Crippen LogP contribution >= 0.6 is 0 Å². The van der Waals surface area contributed by atoms with Crippen LogP contribution in [-0.4, -0.2) is 103 Å². The van der Waals surface area contributed by atoms with E-state index in [1.54, 1.807) is 7.05 Å². The van der Waals surface area contributed by atoms with Crippen molar-refractivity contribution < 1.29 is 24.9 Å². The zero-order chi connectivity index (χ0) is 25.0. The topological polar surface area (TPSA) is 170 Å². The molecule has 3 heterocycles. The standard InChI is InChI=1S/C21H36N8O5/c1-11(2)28(12(3)4)7-6-23-21(33)24-8-14-26-18(22-5)15-19(27-14)29(10-25-15)20-17(32)16(31)13(9-30)34-20/h10-13,16-17,20,30-32H,6-9H2,1-5H3,(H,22,26,27)(H2,23,24,33)/t13-,16-,17-,20-/m1/s1. The van der Waals surface area contributed by atoms with Gasteiger partial charge in [0.1, 0.15) is 18.3 Å². The van der Waals surface area contributed by atoms with E-state index in [0.717, 1.165) is 6.54 Å². The first-order valence-corrected chi connectivity index (χ1v) is 11.5. The number of carbonyl (C=O) groups excluding carboxylic acids is 1. The maximum atomic E-state index is 12.3. The number of ether oxygens (including phenoxy) is 1. The van der Waals surface area contributed by atoms with Gasteiger partial charge in [-0.25, -0.2) is 19.7 Å². The van der Waals surface area contributed by atoms with E-state index in [1.165, 1.54) is 10.9 Å². The minimum absolute atomic E-state index is 0.0652. The molecule has 0 bridgehead atoms. The summed E-state index contributed by atoms with van der Waals surface area (Å²) in [6.07, 6.45) is -2.99. The van der Waals surface area contributed by atoms with Gasteiger partial charge < -0.3 is 36.0 Å². The number of carbonyl (C=O) groups is 1. The van der Waals surface area contributed by atoms with Crippen molar-refractivity contribution >= 4 is 23.0 Å². The maximum absolute atomic E-state index is 12.3. The number of rotatable bonds is 10. The zero-order valence-electron chi connectivity index (χ0n) is 20.3. The summed E-state index contributed by atoms with van der Waals surface area (Å²) in [6.45, 7) is 9.36. The molecule has 1 aliphatic heterocycles. The predicted octanol–water partition coefficient (Wildman–Crippen LogP) is -0.602. The Balaban J connectivity index is 1.69. The number of urea groups is 1. The van der Waals surface area contributed by atoms with Crippen LogP contribution < -0.4 is 16.0 Å². The number of amides is 2. The summed E-state index contributed by atoms with van der Waals surface area (Å²) in [5.74, 6) is 0.767. The number of anilines is 1. The van der Waals surface area contributed by atoms with Crippen molar-refractivity contribution in [2.24, 2.45) is 0 Å². The van der Waals surface area contributed by atoms with Crippen molar-refractivity contribution in [2.75, 3.05) is 32.1 Å². The highest BCUT2D eigenvalue weighted by atomic mass is 16.6. The molecular formula is C21H36N8O5. The summed E-state index contributed by atoms with van der Waals surface area (Å²) in [5, 5.41) is 38.4. The van der Waals surface area contributed by atoms with Gasteiger partial charge in [0.05, 0.1) is 19.5 Å². The van der Waals surface area contributed by atoms with Crippen molar-refractivity contribution in [3.63, 3.8) is 0 Å². The molecule has 0 unspecified atom stereocenters. The van der Waals surface area contributed by atoms with Gasteiger partial charge in [-0.1, -0.05) is 0 Å². The van der Waals surface area contributed by atoms with Crippen molar-refractivity contribution in [3.8, 4) is 0 Å². The molecule has 1 aliphatic rings. The first-order valence-electron chi connectivity index (χ1n) is 11.5. The Bertz CT molecular complexity index is 960. The molecular weight excluding hydrogens is 444 g/mol. The molecule has 2 amide bonds. The molecule has 1 fully saturated rings. The smallest absolute Gasteiger partial charge is 0.315 e. The zero-order valence-corrected chi connectivity index (χ0v) is 20.3. The molecule has 4 atom stereocenters. The van der Waals surface area contributed by atoms with Crippen LogP contribution in [0, 0.1) is 0 Å². The average Bonchev–Trinajstić information content (AvgIpc) is 3.34. The Kier molecular flexibility index (Phi) is 8.60. The van der Waals surface area contributed by atoms with Crippen LogP contribution in [0.5, 0.6) is 0 Å². The Morgan fingerprint density at radius 1 is 1.18 bits per heavy atom. The molecule has 2 aromatic rings. The summed E-state index contributed by atoms with van der Waals surface area (Å²) in [5.41, 5.74) is 0.798. The second-order valence-electron chi connectivity index (χ2n) is 8.83. The molecule has 0 saturated carbocycles. The number of aromatic nitrogens is 4. The SMILES string of the molecule is CNc1nc(CNC(=O)NCCN(C(C)C)C(C)C)nc2c1ncn2[C@@H]1O[C@H](CO)[C@@H](O)[C@H]1O. The molecule has 34 heavy (non-hydrogen) atoms. The highest BCUT2D eigenvalue weighted by molar-refractivity contribution is 5.83. The molecule has 0 spiro atoms. The third-order valence-corrected chi connectivity index (χ3v) is 5.89. The lowest BCUT2D eigenvalue weighted by Crippen LogP contribution is -2.44. The van der Waals surface area contributed by atoms with Gasteiger partial charge in [-0.05, 0) is 27.7 Å². The minimum atomic E-state index is -1.27. The monoisotopic (exact) mass is 480 g/mol. The second-order valence-corrected chi connectivity index (χ2v) is 8.83. The Morgan fingerprint density at radius 3 is 2.47 bits per heavy atom. The summed E-state index contributed by atoms with van der Waals surface area (Å²) in [6, 6.07) is 0.427. The van der Waals surface area contributed by atoms with E-state index in [4.69, 9.17) is 4.74 Å².